The fourth-order valence-electron chi connectivity index (χ4n) is 2.10. The molecule has 1 aromatic heterocycles. The van der Waals surface area contributed by atoms with E-state index in [-0.39, 0.29) is 0 Å². The van der Waals surface area contributed by atoms with Crippen LogP contribution in [0.2, 0.25) is 0 Å². The highest BCUT2D eigenvalue weighted by Gasteiger charge is 2.16. The zero-order valence-corrected chi connectivity index (χ0v) is 12.4. The summed E-state index contributed by atoms with van der Waals surface area (Å²) >= 11 is 1.26. The standard InChI is InChI=1S/C14H19N3OS/c1-4-17(10-13-9-15-19-16-13)11(2)12-6-5-7-14(8-12)18-3/h5-9,11H,4,10H2,1-3H3. The summed E-state index contributed by atoms with van der Waals surface area (Å²) in [5.74, 6) is 0.899. The van der Waals surface area contributed by atoms with Gasteiger partial charge < -0.3 is 4.74 Å². The summed E-state index contributed by atoms with van der Waals surface area (Å²) in [7, 11) is 1.70. The van der Waals surface area contributed by atoms with E-state index in [1.807, 2.05) is 18.3 Å². The van der Waals surface area contributed by atoms with Crippen LogP contribution in [-0.4, -0.2) is 27.3 Å². The van der Waals surface area contributed by atoms with E-state index in [4.69, 9.17) is 4.74 Å². The molecule has 4 nitrogen and oxygen atoms in total. The van der Waals surface area contributed by atoms with Gasteiger partial charge in [-0.15, -0.1) is 0 Å². The van der Waals surface area contributed by atoms with Crippen molar-refractivity contribution in [3.05, 3.63) is 41.7 Å². The van der Waals surface area contributed by atoms with Gasteiger partial charge in [0.15, 0.2) is 0 Å². The normalized spacial score (nSPS) is 12.6. The molecule has 0 bridgehead atoms. The lowest BCUT2D eigenvalue weighted by Crippen LogP contribution is -2.26. The third-order valence-corrected chi connectivity index (χ3v) is 3.82. The maximum absolute atomic E-state index is 5.29. The van der Waals surface area contributed by atoms with Crippen LogP contribution in [0.4, 0.5) is 0 Å². The smallest absolute Gasteiger partial charge is 0.119 e. The zero-order chi connectivity index (χ0) is 13.7. The first-order valence-corrected chi connectivity index (χ1v) is 7.12. The monoisotopic (exact) mass is 277 g/mol. The molecule has 0 aliphatic carbocycles. The number of benzene rings is 1. The van der Waals surface area contributed by atoms with E-state index >= 15 is 0 Å². The number of methoxy groups -OCH3 is 1. The van der Waals surface area contributed by atoms with Crippen LogP contribution in [0.3, 0.4) is 0 Å². The van der Waals surface area contributed by atoms with Gasteiger partial charge in [0, 0.05) is 12.6 Å². The highest BCUT2D eigenvalue weighted by atomic mass is 32.1. The minimum atomic E-state index is 0.321. The van der Waals surface area contributed by atoms with Crippen molar-refractivity contribution in [1.29, 1.82) is 0 Å². The van der Waals surface area contributed by atoms with Gasteiger partial charge in [-0.3, -0.25) is 4.90 Å². The molecule has 2 aromatic rings. The first-order chi connectivity index (χ1) is 9.24. The SMILES string of the molecule is CCN(Cc1cnsn1)C(C)c1cccc(OC)c1. The molecule has 0 aliphatic rings. The van der Waals surface area contributed by atoms with Crippen LogP contribution in [0.5, 0.6) is 5.75 Å². The van der Waals surface area contributed by atoms with Crippen molar-refractivity contribution in [1.82, 2.24) is 13.6 Å². The molecule has 0 amide bonds. The first kappa shape index (κ1) is 14.0. The molecule has 0 saturated carbocycles. The van der Waals surface area contributed by atoms with Gasteiger partial charge in [-0.2, -0.15) is 8.75 Å². The number of hydrogen-bond acceptors (Lipinski definition) is 5. The fraction of sp³-hybridized carbons (Fsp3) is 0.429. The molecule has 1 aromatic carbocycles. The van der Waals surface area contributed by atoms with Crippen LogP contribution in [-0.2, 0) is 6.54 Å². The van der Waals surface area contributed by atoms with Gasteiger partial charge in [0.1, 0.15) is 5.75 Å². The van der Waals surface area contributed by atoms with Gasteiger partial charge in [-0.05, 0) is 31.2 Å². The maximum Gasteiger partial charge on any atom is 0.119 e. The van der Waals surface area contributed by atoms with Crippen LogP contribution >= 0.6 is 11.7 Å². The van der Waals surface area contributed by atoms with Crippen molar-refractivity contribution >= 4 is 11.7 Å². The lowest BCUT2D eigenvalue weighted by Gasteiger charge is -2.27. The average Bonchev–Trinajstić information content (AvgIpc) is 2.97. The average molecular weight is 277 g/mol. The number of rotatable bonds is 6. The molecule has 0 N–H and O–H groups in total. The number of nitrogens with zero attached hydrogens (tertiary/aromatic N) is 3. The third kappa shape index (κ3) is 3.52. The molecule has 0 saturated heterocycles. The Bertz CT molecular complexity index is 501. The Hall–Kier alpha value is -1.46. The molecule has 19 heavy (non-hydrogen) atoms. The fourth-order valence-corrected chi connectivity index (χ4v) is 2.52. The summed E-state index contributed by atoms with van der Waals surface area (Å²) in [6.45, 7) is 6.16. The van der Waals surface area contributed by atoms with Crippen molar-refractivity contribution in [2.24, 2.45) is 0 Å². The Kier molecular flexibility index (Phi) is 4.87. The highest BCUT2D eigenvalue weighted by Crippen LogP contribution is 2.24. The van der Waals surface area contributed by atoms with E-state index in [9.17, 15) is 0 Å². The van der Waals surface area contributed by atoms with E-state index < -0.39 is 0 Å². The van der Waals surface area contributed by atoms with Crippen molar-refractivity contribution in [2.75, 3.05) is 13.7 Å². The van der Waals surface area contributed by atoms with Gasteiger partial charge in [-0.25, -0.2) is 0 Å². The molecule has 1 unspecified atom stereocenters. The Morgan fingerprint density at radius 2 is 2.26 bits per heavy atom. The van der Waals surface area contributed by atoms with Gasteiger partial charge in [0.25, 0.3) is 0 Å². The Labute approximate surface area is 118 Å². The molecular formula is C14H19N3OS. The summed E-state index contributed by atoms with van der Waals surface area (Å²) < 4.78 is 13.6. The zero-order valence-electron chi connectivity index (χ0n) is 11.5. The molecule has 1 atom stereocenters. The molecule has 102 valence electrons. The molecule has 5 heteroatoms. The van der Waals surface area contributed by atoms with Crippen molar-refractivity contribution < 1.29 is 4.74 Å². The number of hydrogen-bond donors (Lipinski definition) is 0. The van der Waals surface area contributed by atoms with Crippen molar-refractivity contribution in [3.63, 3.8) is 0 Å². The van der Waals surface area contributed by atoms with Crippen LogP contribution in [0.1, 0.15) is 31.1 Å². The van der Waals surface area contributed by atoms with Gasteiger partial charge in [0.2, 0.25) is 0 Å². The quantitative estimate of drug-likeness (QED) is 0.813. The largest absolute Gasteiger partial charge is 0.497 e. The summed E-state index contributed by atoms with van der Waals surface area (Å²) in [6, 6.07) is 8.54. The van der Waals surface area contributed by atoms with E-state index in [0.29, 0.717) is 6.04 Å². The lowest BCUT2D eigenvalue weighted by atomic mass is 10.1. The summed E-state index contributed by atoms with van der Waals surface area (Å²) in [5, 5.41) is 0. The molecule has 1 heterocycles. The minimum absolute atomic E-state index is 0.321. The molecule has 0 spiro atoms. The van der Waals surface area contributed by atoms with E-state index in [0.717, 1.165) is 24.5 Å². The minimum Gasteiger partial charge on any atom is -0.497 e. The molecule has 0 radical (unpaired) electrons. The first-order valence-electron chi connectivity index (χ1n) is 6.39. The number of ether oxygens (including phenoxy) is 1. The topological polar surface area (TPSA) is 38.2 Å². The lowest BCUT2D eigenvalue weighted by molar-refractivity contribution is 0.210. The maximum atomic E-state index is 5.29. The van der Waals surface area contributed by atoms with Gasteiger partial charge >= 0.3 is 0 Å². The predicted octanol–water partition coefficient (Wildman–Crippen LogP) is 3.13. The van der Waals surface area contributed by atoms with Crippen molar-refractivity contribution in [2.45, 2.75) is 26.4 Å². The molecule has 0 fully saturated rings. The van der Waals surface area contributed by atoms with Crippen LogP contribution in [0.25, 0.3) is 0 Å². The second-order valence-corrected chi connectivity index (χ2v) is 4.97. The van der Waals surface area contributed by atoms with E-state index in [1.54, 1.807) is 7.11 Å². The Balaban J connectivity index is 2.12. The molecular weight excluding hydrogens is 258 g/mol. The predicted molar refractivity (Wildman–Crippen MR) is 77.4 cm³/mol. The Morgan fingerprint density at radius 3 is 2.89 bits per heavy atom. The van der Waals surface area contributed by atoms with Crippen LogP contribution in [0.15, 0.2) is 30.5 Å². The van der Waals surface area contributed by atoms with Crippen LogP contribution < -0.4 is 4.74 Å². The highest BCUT2D eigenvalue weighted by molar-refractivity contribution is 6.99. The van der Waals surface area contributed by atoms with E-state index in [2.05, 4.69) is 39.6 Å². The molecule has 2 rings (SSSR count). The molecule has 0 aliphatic heterocycles. The summed E-state index contributed by atoms with van der Waals surface area (Å²) in [5.41, 5.74) is 2.28. The second-order valence-electron chi connectivity index (χ2n) is 4.41. The van der Waals surface area contributed by atoms with Crippen molar-refractivity contribution in [3.8, 4) is 5.75 Å². The van der Waals surface area contributed by atoms with Gasteiger partial charge in [-0.1, -0.05) is 19.1 Å². The van der Waals surface area contributed by atoms with E-state index in [1.165, 1.54) is 17.3 Å². The summed E-state index contributed by atoms with van der Waals surface area (Å²) in [4.78, 5) is 2.37. The second kappa shape index (κ2) is 6.63. The summed E-state index contributed by atoms with van der Waals surface area (Å²) in [6.07, 6.45) is 1.84. The Morgan fingerprint density at radius 1 is 1.42 bits per heavy atom. The third-order valence-electron chi connectivity index (χ3n) is 3.30. The van der Waals surface area contributed by atoms with Gasteiger partial charge in [0.05, 0.1) is 30.7 Å². The number of aromatic nitrogens is 2. The van der Waals surface area contributed by atoms with Crippen LogP contribution in [0, 0.1) is 0 Å².